The molecule has 1 atom stereocenters. The van der Waals surface area contributed by atoms with E-state index in [0.29, 0.717) is 11.3 Å². The van der Waals surface area contributed by atoms with Crippen molar-refractivity contribution in [2.24, 2.45) is 5.73 Å². The van der Waals surface area contributed by atoms with Crippen LogP contribution >= 0.6 is 0 Å². The topological polar surface area (TPSA) is 55.1 Å². The molecule has 1 unspecified atom stereocenters. The molecule has 1 amide bonds. The molecule has 2 rings (SSSR count). The van der Waals surface area contributed by atoms with Crippen LogP contribution in [0, 0.1) is 0 Å². The normalized spacial score (nSPS) is 26.2. The standard InChI is InChI=1S/C11H12F2N2O/c1-7(16)15-9-4-2-3-8(5-9)10(14)6-11(10,12)13/h2-5H,6,14H2,1H3,(H,15,16). The van der Waals surface area contributed by atoms with Gasteiger partial charge in [-0.3, -0.25) is 4.79 Å². The molecule has 86 valence electrons. The fraction of sp³-hybridized carbons (Fsp3) is 0.364. The second-order valence-corrected chi connectivity index (χ2v) is 4.11. The molecule has 0 heterocycles. The number of hydrogen-bond acceptors (Lipinski definition) is 2. The van der Waals surface area contributed by atoms with Gasteiger partial charge >= 0.3 is 0 Å². The van der Waals surface area contributed by atoms with Crippen molar-refractivity contribution < 1.29 is 13.6 Å². The molecule has 16 heavy (non-hydrogen) atoms. The molecule has 1 fully saturated rings. The number of rotatable bonds is 2. The highest BCUT2D eigenvalue weighted by molar-refractivity contribution is 5.88. The van der Waals surface area contributed by atoms with E-state index in [1.807, 2.05) is 0 Å². The van der Waals surface area contributed by atoms with Crippen LogP contribution in [0.2, 0.25) is 0 Å². The smallest absolute Gasteiger partial charge is 0.272 e. The summed E-state index contributed by atoms with van der Waals surface area (Å²) in [7, 11) is 0. The molecule has 0 saturated heterocycles. The lowest BCUT2D eigenvalue weighted by atomic mass is 10.0. The average molecular weight is 226 g/mol. The van der Waals surface area contributed by atoms with Gasteiger partial charge in [-0.25, -0.2) is 8.78 Å². The molecule has 0 bridgehead atoms. The van der Waals surface area contributed by atoms with Crippen molar-refractivity contribution in [2.45, 2.75) is 24.8 Å². The Morgan fingerprint density at radius 1 is 1.50 bits per heavy atom. The predicted molar refractivity (Wildman–Crippen MR) is 56.2 cm³/mol. The Hall–Kier alpha value is -1.49. The molecule has 3 nitrogen and oxygen atoms in total. The number of hydrogen-bond donors (Lipinski definition) is 2. The molecule has 0 radical (unpaired) electrons. The number of halogens is 2. The Morgan fingerprint density at radius 2 is 2.12 bits per heavy atom. The van der Waals surface area contributed by atoms with Gasteiger partial charge in [0.2, 0.25) is 5.91 Å². The first-order valence-corrected chi connectivity index (χ1v) is 4.90. The van der Waals surface area contributed by atoms with Gasteiger partial charge in [0, 0.05) is 19.0 Å². The quantitative estimate of drug-likeness (QED) is 0.808. The highest BCUT2D eigenvalue weighted by Crippen LogP contribution is 2.57. The van der Waals surface area contributed by atoms with Crippen molar-refractivity contribution in [3.05, 3.63) is 29.8 Å². The van der Waals surface area contributed by atoms with Gasteiger partial charge in [0.25, 0.3) is 5.92 Å². The van der Waals surface area contributed by atoms with E-state index < -0.39 is 11.5 Å². The van der Waals surface area contributed by atoms with E-state index in [1.165, 1.54) is 13.0 Å². The van der Waals surface area contributed by atoms with Crippen LogP contribution in [0.4, 0.5) is 14.5 Å². The van der Waals surface area contributed by atoms with E-state index in [1.54, 1.807) is 18.2 Å². The van der Waals surface area contributed by atoms with Crippen LogP contribution in [0.3, 0.4) is 0 Å². The zero-order valence-electron chi connectivity index (χ0n) is 8.76. The fourth-order valence-corrected chi connectivity index (χ4v) is 1.70. The number of carbonyl (C=O) groups is 1. The average Bonchev–Trinajstić information content (AvgIpc) is 2.67. The summed E-state index contributed by atoms with van der Waals surface area (Å²) in [6.45, 7) is 1.36. The fourth-order valence-electron chi connectivity index (χ4n) is 1.70. The summed E-state index contributed by atoms with van der Waals surface area (Å²) in [5, 5.41) is 2.53. The zero-order valence-corrected chi connectivity index (χ0v) is 8.76. The minimum Gasteiger partial charge on any atom is -0.326 e. The number of anilines is 1. The highest BCUT2D eigenvalue weighted by atomic mass is 19.3. The van der Waals surface area contributed by atoms with Crippen molar-refractivity contribution in [2.75, 3.05) is 5.32 Å². The van der Waals surface area contributed by atoms with Crippen molar-refractivity contribution >= 4 is 11.6 Å². The SMILES string of the molecule is CC(=O)Nc1cccc(C2(N)CC2(F)F)c1. The van der Waals surface area contributed by atoms with Gasteiger partial charge in [0.05, 0.1) is 0 Å². The van der Waals surface area contributed by atoms with E-state index in [-0.39, 0.29) is 12.3 Å². The molecular formula is C11H12F2N2O. The molecule has 1 aliphatic rings. The van der Waals surface area contributed by atoms with Gasteiger partial charge in [-0.15, -0.1) is 0 Å². The lowest BCUT2D eigenvalue weighted by Crippen LogP contribution is -2.27. The Labute approximate surface area is 91.6 Å². The molecule has 1 aromatic carbocycles. The van der Waals surface area contributed by atoms with Gasteiger partial charge < -0.3 is 11.1 Å². The summed E-state index contributed by atoms with van der Waals surface area (Å²) in [6.07, 6.45) is -0.344. The lowest BCUT2D eigenvalue weighted by molar-refractivity contribution is -0.114. The lowest BCUT2D eigenvalue weighted by Gasteiger charge is -2.12. The van der Waals surface area contributed by atoms with Crippen LogP contribution < -0.4 is 11.1 Å². The largest absolute Gasteiger partial charge is 0.326 e. The molecule has 3 N–H and O–H groups in total. The Kier molecular flexibility index (Phi) is 2.24. The van der Waals surface area contributed by atoms with Crippen LogP contribution in [0.5, 0.6) is 0 Å². The summed E-state index contributed by atoms with van der Waals surface area (Å²) in [5.41, 5.74) is 4.85. The van der Waals surface area contributed by atoms with Gasteiger partial charge in [0.15, 0.2) is 0 Å². The minimum absolute atomic E-state index is 0.245. The molecule has 0 aliphatic heterocycles. The van der Waals surface area contributed by atoms with Crippen molar-refractivity contribution in [3.8, 4) is 0 Å². The predicted octanol–water partition coefficient (Wildman–Crippen LogP) is 1.84. The zero-order chi connectivity index (χ0) is 12.0. The van der Waals surface area contributed by atoms with E-state index in [0.717, 1.165) is 0 Å². The van der Waals surface area contributed by atoms with Crippen molar-refractivity contribution in [1.82, 2.24) is 0 Å². The molecule has 1 aromatic rings. The summed E-state index contributed by atoms with van der Waals surface area (Å²) < 4.78 is 26.1. The molecule has 1 aliphatic carbocycles. The maximum absolute atomic E-state index is 13.0. The van der Waals surface area contributed by atoms with E-state index in [9.17, 15) is 13.6 Å². The second kappa shape index (κ2) is 3.25. The Morgan fingerprint density at radius 3 is 2.62 bits per heavy atom. The third-order valence-electron chi connectivity index (χ3n) is 2.73. The number of benzene rings is 1. The molecule has 0 aromatic heterocycles. The van der Waals surface area contributed by atoms with Gasteiger partial charge in [-0.2, -0.15) is 0 Å². The van der Waals surface area contributed by atoms with E-state index in [4.69, 9.17) is 5.73 Å². The van der Waals surface area contributed by atoms with E-state index >= 15 is 0 Å². The van der Waals surface area contributed by atoms with Crippen LogP contribution in [0.25, 0.3) is 0 Å². The number of carbonyl (C=O) groups excluding carboxylic acids is 1. The van der Waals surface area contributed by atoms with Crippen LogP contribution in [-0.2, 0) is 10.3 Å². The van der Waals surface area contributed by atoms with Crippen molar-refractivity contribution in [3.63, 3.8) is 0 Å². The monoisotopic (exact) mass is 226 g/mol. The first kappa shape index (κ1) is 11.0. The summed E-state index contributed by atoms with van der Waals surface area (Å²) in [5.74, 6) is -3.09. The summed E-state index contributed by atoms with van der Waals surface area (Å²) >= 11 is 0. The minimum atomic E-state index is -2.85. The van der Waals surface area contributed by atoms with Crippen molar-refractivity contribution in [1.29, 1.82) is 0 Å². The van der Waals surface area contributed by atoms with Crippen LogP contribution in [-0.4, -0.2) is 11.8 Å². The molecule has 0 spiro atoms. The molecular weight excluding hydrogens is 214 g/mol. The van der Waals surface area contributed by atoms with E-state index in [2.05, 4.69) is 5.32 Å². The molecule has 5 heteroatoms. The Bertz CT molecular complexity index is 447. The number of alkyl halides is 2. The van der Waals surface area contributed by atoms with Crippen LogP contribution in [0.1, 0.15) is 18.9 Å². The summed E-state index contributed by atoms with van der Waals surface area (Å²) in [6, 6.07) is 6.27. The maximum Gasteiger partial charge on any atom is 0.272 e. The van der Waals surface area contributed by atoms with Gasteiger partial charge in [-0.1, -0.05) is 12.1 Å². The number of nitrogens with one attached hydrogen (secondary N) is 1. The Balaban J connectivity index is 2.27. The van der Waals surface area contributed by atoms with Gasteiger partial charge in [-0.05, 0) is 17.7 Å². The molecule has 1 saturated carbocycles. The first-order chi connectivity index (χ1) is 7.35. The third kappa shape index (κ3) is 1.67. The maximum atomic E-state index is 13.0. The first-order valence-electron chi connectivity index (χ1n) is 4.90. The third-order valence-corrected chi connectivity index (χ3v) is 2.73. The second-order valence-electron chi connectivity index (χ2n) is 4.11. The van der Waals surface area contributed by atoms with Gasteiger partial charge in [0.1, 0.15) is 5.54 Å². The number of amides is 1. The highest BCUT2D eigenvalue weighted by Gasteiger charge is 2.69. The number of nitrogens with two attached hydrogens (primary N) is 1. The summed E-state index contributed by atoms with van der Waals surface area (Å²) in [4.78, 5) is 10.8. The van der Waals surface area contributed by atoms with Crippen LogP contribution in [0.15, 0.2) is 24.3 Å².